The van der Waals surface area contributed by atoms with Gasteiger partial charge in [-0.05, 0) is 110 Å². The van der Waals surface area contributed by atoms with Crippen LogP contribution in [0.2, 0.25) is 18.1 Å². The average molecular weight is 485 g/mol. The molecule has 1 nitrogen and oxygen atoms in total. The fourth-order valence-corrected chi connectivity index (χ4v) is 8.73. The van der Waals surface area contributed by atoms with Crippen molar-refractivity contribution in [3.63, 3.8) is 0 Å². The second kappa shape index (κ2) is 10.4. The normalized spacial score (nSPS) is 36.4. The van der Waals surface area contributed by atoms with Crippen molar-refractivity contribution >= 4 is 8.32 Å². The molecular formula is C32H56OSi. The fourth-order valence-electron chi connectivity index (χ4n) is 7.43. The van der Waals surface area contributed by atoms with E-state index in [4.69, 9.17) is 4.43 Å². The highest BCUT2D eigenvalue weighted by atomic mass is 28.4. The van der Waals surface area contributed by atoms with Gasteiger partial charge in [0.2, 0.25) is 0 Å². The van der Waals surface area contributed by atoms with E-state index >= 15 is 0 Å². The third-order valence-electron chi connectivity index (χ3n) is 10.4. The second-order valence-corrected chi connectivity index (χ2v) is 19.3. The summed E-state index contributed by atoms with van der Waals surface area (Å²) in [6, 6.07) is 0. The maximum atomic E-state index is 6.88. The topological polar surface area (TPSA) is 9.23 Å². The van der Waals surface area contributed by atoms with Crippen molar-refractivity contribution in [2.45, 2.75) is 131 Å². The molecule has 3 saturated carbocycles. The Kier molecular flexibility index (Phi) is 8.56. The maximum absolute atomic E-state index is 6.88. The number of allylic oxidation sites excluding steroid dienone is 3. The Morgan fingerprint density at radius 1 is 1.12 bits per heavy atom. The number of fused-ring (bicyclic) bond motifs is 1. The molecule has 3 fully saturated rings. The highest BCUT2D eigenvalue weighted by Crippen LogP contribution is 2.60. The molecule has 3 aliphatic rings. The lowest BCUT2D eigenvalue weighted by molar-refractivity contribution is 0.0893. The summed E-state index contributed by atoms with van der Waals surface area (Å²) in [5.74, 6) is 3.87. The van der Waals surface area contributed by atoms with Gasteiger partial charge in [0.25, 0.3) is 0 Å². The van der Waals surface area contributed by atoms with Gasteiger partial charge >= 0.3 is 0 Å². The van der Waals surface area contributed by atoms with Gasteiger partial charge in [-0.3, -0.25) is 0 Å². The standard InChI is InChI=1S/C32H56OSi/c1-22(2)19-24(4)28-16-17-29-27(13-12-18-32(28,29)9)15-14-26-20-23(3)25(5)30(21-26)33-34(10,11)31(6,7)8/h14-15,22-24,28-30H,5,12-13,16-21H2,1-4,6-11H3/b26-14-,27-15+/t23-,24+,28?,29?,30-,32-/m1/s1. The van der Waals surface area contributed by atoms with E-state index in [1.165, 1.54) is 44.1 Å². The van der Waals surface area contributed by atoms with E-state index < -0.39 is 8.32 Å². The Morgan fingerprint density at radius 2 is 1.79 bits per heavy atom. The van der Waals surface area contributed by atoms with Gasteiger partial charge in [0.15, 0.2) is 8.32 Å². The van der Waals surface area contributed by atoms with Crippen LogP contribution in [0.25, 0.3) is 0 Å². The van der Waals surface area contributed by atoms with Crippen LogP contribution in [0.15, 0.2) is 35.5 Å². The lowest BCUT2D eigenvalue weighted by Gasteiger charge is -2.44. The zero-order valence-electron chi connectivity index (χ0n) is 24.4. The molecule has 0 bridgehead atoms. The number of hydrogen-bond donors (Lipinski definition) is 0. The summed E-state index contributed by atoms with van der Waals surface area (Å²) in [4.78, 5) is 0. The van der Waals surface area contributed by atoms with Crippen molar-refractivity contribution in [3.8, 4) is 0 Å². The van der Waals surface area contributed by atoms with Crippen LogP contribution < -0.4 is 0 Å². The van der Waals surface area contributed by atoms with E-state index in [0.717, 1.165) is 36.5 Å². The van der Waals surface area contributed by atoms with Crippen molar-refractivity contribution in [2.75, 3.05) is 0 Å². The molecule has 0 heterocycles. The van der Waals surface area contributed by atoms with Gasteiger partial charge in [-0.1, -0.05) is 85.3 Å². The van der Waals surface area contributed by atoms with E-state index in [-0.39, 0.29) is 11.1 Å². The minimum absolute atomic E-state index is 0.193. The van der Waals surface area contributed by atoms with Crippen molar-refractivity contribution in [3.05, 3.63) is 35.5 Å². The third kappa shape index (κ3) is 5.85. The first-order chi connectivity index (χ1) is 15.7. The van der Waals surface area contributed by atoms with Crippen LogP contribution in [0.3, 0.4) is 0 Å². The quantitative estimate of drug-likeness (QED) is 0.269. The Morgan fingerprint density at radius 3 is 2.41 bits per heavy atom. The molecule has 0 aromatic heterocycles. The van der Waals surface area contributed by atoms with Crippen LogP contribution in [-0.2, 0) is 4.43 Å². The summed E-state index contributed by atoms with van der Waals surface area (Å²) in [6.45, 7) is 28.6. The van der Waals surface area contributed by atoms with Gasteiger partial charge in [0.05, 0.1) is 6.10 Å². The predicted octanol–water partition coefficient (Wildman–Crippen LogP) is 10.1. The van der Waals surface area contributed by atoms with E-state index in [1.54, 1.807) is 11.1 Å². The van der Waals surface area contributed by atoms with Gasteiger partial charge in [-0.25, -0.2) is 0 Å². The molecular weight excluding hydrogens is 428 g/mol. The predicted molar refractivity (Wildman–Crippen MR) is 153 cm³/mol. The molecule has 0 amide bonds. The van der Waals surface area contributed by atoms with E-state index in [9.17, 15) is 0 Å². The van der Waals surface area contributed by atoms with Crippen molar-refractivity contribution in [1.82, 2.24) is 0 Å². The summed E-state index contributed by atoms with van der Waals surface area (Å²) in [5.41, 5.74) is 5.15. The monoisotopic (exact) mass is 484 g/mol. The molecule has 0 radical (unpaired) electrons. The van der Waals surface area contributed by atoms with Crippen molar-refractivity contribution in [2.24, 2.45) is 35.0 Å². The van der Waals surface area contributed by atoms with Gasteiger partial charge in [0, 0.05) is 0 Å². The summed E-state index contributed by atoms with van der Waals surface area (Å²) < 4.78 is 6.88. The average Bonchev–Trinajstić information content (AvgIpc) is 3.06. The smallest absolute Gasteiger partial charge is 0.192 e. The summed E-state index contributed by atoms with van der Waals surface area (Å²) in [5, 5.41) is 0.234. The Hall–Kier alpha value is -0.603. The van der Waals surface area contributed by atoms with Crippen LogP contribution in [0, 0.1) is 35.0 Å². The second-order valence-electron chi connectivity index (χ2n) is 14.5. The molecule has 0 spiro atoms. The molecule has 194 valence electrons. The molecule has 2 unspecified atom stereocenters. The van der Waals surface area contributed by atoms with E-state index in [0.29, 0.717) is 11.3 Å². The minimum atomic E-state index is -1.81. The highest BCUT2D eigenvalue weighted by Gasteiger charge is 2.50. The first kappa shape index (κ1) is 28.0. The van der Waals surface area contributed by atoms with Crippen LogP contribution in [0.5, 0.6) is 0 Å². The maximum Gasteiger partial charge on any atom is 0.192 e. The number of rotatable bonds is 6. The van der Waals surface area contributed by atoms with Gasteiger partial charge in [0.1, 0.15) is 0 Å². The Bertz CT molecular complexity index is 794. The molecule has 0 saturated heterocycles. The molecule has 6 atom stereocenters. The molecule has 0 aromatic carbocycles. The van der Waals surface area contributed by atoms with E-state index in [2.05, 4.69) is 87.2 Å². The van der Waals surface area contributed by atoms with Crippen molar-refractivity contribution in [1.29, 1.82) is 0 Å². The summed E-state index contributed by atoms with van der Waals surface area (Å²) >= 11 is 0. The van der Waals surface area contributed by atoms with Gasteiger partial charge in [-0.2, -0.15) is 0 Å². The number of hydrogen-bond acceptors (Lipinski definition) is 1. The largest absolute Gasteiger partial charge is 0.410 e. The highest BCUT2D eigenvalue weighted by molar-refractivity contribution is 6.74. The Balaban J connectivity index is 1.77. The molecule has 0 aromatic rings. The fraction of sp³-hybridized carbons (Fsp3) is 0.812. The third-order valence-corrected chi connectivity index (χ3v) is 14.9. The first-order valence-electron chi connectivity index (χ1n) is 14.4. The lowest BCUT2D eigenvalue weighted by Crippen LogP contribution is -2.45. The first-order valence-corrected chi connectivity index (χ1v) is 17.3. The SMILES string of the molecule is C=C1[C@H](C)C/C(=C/C=C2\CCC[C@@]3(C)C2CCC3[C@@H](C)CC(C)C)C[C@H]1O[Si](C)(C)C(C)(C)C. The lowest BCUT2D eigenvalue weighted by atomic mass is 9.60. The van der Waals surface area contributed by atoms with Crippen LogP contribution >= 0.6 is 0 Å². The zero-order chi connectivity index (χ0) is 25.5. The Labute approximate surface area is 214 Å². The molecule has 34 heavy (non-hydrogen) atoms. The molecule has 0 N–H and O–H groups in total. The zero-order valence-corrected chi connectivity index (χ0v) is 25.4. The summed E-state index contributed by atoms with van der Waals surface area (Å²) in [6.07, 6.45) is 15.8. The van der Waals surface area contributed by atoms with Crippen LogP contribution in [0.4, 0.5) is 0 Å². The van der Waals surface area contributed by atoms with Gasteiger partial charge in [-0.15, -0.1) is 0 Å². The van der Waals surface area contributed by atoms with Crippen LogP contribution in [-0.4, -0.2) is 14.4 Å². The molecule has 2 heteroatoms. The molecule has 0 aliphatic heterocycles. The summed E-state index contributed by atoms with van der Waals surface area (Å²) in [7, 11) is -1.81. The molecule has 3 rings (SSSR count). The molecule has 3 aliphatic carbocycles. The van der Waals surface area contributed by atoms with E-state index in [1.807, 2.05) is 0 Å². The van der Waals surface area contributed by atoms with Crippen LogP contribution in [0.1, 0.15) is 107 Å². The minimum Gasteiger partial charge on any atom is -0.410 e. The van der Waals surface area contributed by atoms with Gasteiger partial charge < -0.3 is 4.43 Å². The van der Waals surface area contributed by atoms with Crippen molar-refractivity contribution < 1.29 is 4.43 Å².